The molecule has 0 radical (unpaired) electrons. The number of aryl methyl sites for hydroxylation is 1. The minimum absolute atomic E-state index is 0.0720. The maximum Gasteiger partial charge on any atom is 0.251 e. The van der Waals surface area contributed by atoms with Gasteiger partial charge in [-0.2, -0.15) is 0 Å². The molecule has 2 atom stereocenters. The van der Waals surface area contributed by atoms with Crippen molar-refractivity contribution in [2.24, 2.45) is 0 Å². The van der Waals surface area contributed by atoms with Gasteiger partial charge in [0.15, 0.2) is 11.3 Å². The van der Waals surface area contributed by atoms with E-state index in [1.54, 1.807) is 36.1 Å². The zero-order chi connectivity index (χ0) is 21.8. The van der Waals surface area contributed by atoms with Gasteiger partial charge in [0.25, 0.3) is 5.91 Å². The molecule has 0 spiro atoms. The maximum absolute atomic E-state index is 13.2. The fraction of sp³-hybridized carbons (Fsp3) is 0.478. The van der Waals surface area contributed by atoms with Crippen molar-refractivity contribution in [1.82, 2.24) is 20.2 Å². The van der Waals surface area contributed by atoms with Crippen LogP contribution < -0.4 is 5.32 Å². The van der Waals surface area contributed by atoms with Crippen LogP contribution in [0.25, 0.3) is 0 Å². The van der Waals surface area contributed by atoms with Gasteiger partial charge in [-0.25, -0.2) is 9.97 Å². The predicted molar refractivity (Wildman–Crippen MR) is 119 cm³/mol. The zero-order valence-electron chi connectivity index (χ0n) is 17.9. The predicted octanol–water partition coefficient (Wildman–Crippen LogP) is 2.90. The molecule has 0 bridgehead atoms. The fourth-order valence-corrected chi connectivity index (χ4v) is 5.37. The number of hydrogen-bond acceptors (Lipinski definition) is 6. The second kappa shape index (κ2) is 9.78. The molecular formula is C23H28N4O3S. The lowest BCUT2D eigenvalue weighted by Crippen LogP contribution is -2.54. The Morgan fingerprint density at radius 1 is 1.13 bits per heavy atom. The summed E-state index contributed by atoms with van der Waals surface area (Å²) in [6, 6.07) is 9.35. The van der Waals surface area contributed by atoms with E-state index >= 15 is 0 Å². The van der Waals surface area contributed by atoms with Gasteiger partial charge in [-0.1, -0.05) is 36.0 Å². The summed E-state index contributed by atoms with van der Waals surface area (Å²) in [5.74, 6) is -0.256. The highest BCUT2D eigenvalue weighted by Gasteiger charge is 2.41. The normalized spacial score (nSPS) is 26.5. The van der Waals surface area contributed by atoms with Crippen molar-refractivity contribution in [3.05, 3.63) is 53.9 Å². The molecule has 1 aromatic carbocycles. The van der Waals surface area contributed by atoms with E-state index in [-0.39, 0.29) is 24.5 Å². The average molecular weight is 441 g/mol. The molecule has 2 amide bonds. The molecule has 2 aliphatic rings. The van der Waals surface area contributed by atoms with Gasteiger partial charge in [0.05, 0.1) is 6.04 Å². The summed E-state index contributed by atoms with van der Waals surface area (Å²) in [7, 11) is 1.75. The van der Waals surface area contributed by atoms with E-state index < -0.39 is 12.1 Å². The average Bonchev–Trinajstić information content (AvgIpc) is 2.78. The molecule has 1 aliphatic heterocycles. The summed E-state index contributed by atoms with van der Waals surface area (Å²) >= 11 is 1.71. The number of ether oxygens (including phenoxy) is 1. The first-order valence-electron chi connectivity index (χ1n) is 10.7. The van der Waals surface area contributed by atoms with Crippen molar-refractivity contribution in [3.8, 4) is 0 Å². The van der Waals surface area contributed by atoms with Crippen LogP contribution in [-0.2, 0) is 14.3 Å². The fourth-order valence-electron chi connectivity index (χ4n) is 4.33. The SMILES string of the molecule is Cc1ccccc1[C@@H]1[C@@H](C(=O)NC2CCC(Sc3ncccn3)CC2)OCC(=O)N1C. The summed E-state index contributed by atoms with van der Waals surface area (Å²) in [6.45, 7) is 1.92. The van der Waals surface area contributed by atoms with Crippen molar-refractivity contribution >= 4 is 23.6 Å². The van der Waals surface area contributed by atoms with Crippen molar-refractivity contribution in [2.45, 2.75) is 61.2 Å². The molecule has 1 aliphatic carbocycles. The number of morpholine rings is 1. The Kier molecular flexibility index (Phi) is 6.87. The van der Waals surface area contributed by atoms with Gasteiger partial charge in [-0.05, 0) is 49.8 Å². The van der Waals surface area contributed by atoms with Crippen LogP contribution in [0.4, 0.5) is 0 Å². The molecule has 31 heavy (non-hydrogen) atoms. The number of nitrogens with zero attached hydrogens (tertiary/aromatic N) is 3. The largest absolute Gasteiger partial charge is 0.356 e. The molecule has 164 valence electrons. The summed E-state index contributed by atoms with van der Waals surface area (Å²) < 4.78 is 5.76. The molecule has 4 rings (SSSR count). The highest BCUT2D eigenvalue weighted by Crippen LogP contribution is 2.34. The van der Waals surface area contributed by atoms with Crippen LogP contribution in [-0.4, -0.2) is 57.7 Å². The van der Waals surface area contributed by atoms with E-state index in [0.29, 0.717) is 5.25 Å². The lowest BCUT2D eigenvalue weighted by atomic mass is 9.92. The molecular weight excluding hydrogens is 412 g/mol. The van der Waals surface area contributed by atoms with Crippen LogP contribution in [0.1, 0.15) is 42.9 Å². The Hall–Kier alpha value is -2.45. The van der Waals surface area contributed by atoms with E-state index in [2.05, 4.69) is 15.3 Å². The number of carbonyl (C=O) groups is 2. The summed E-state index contributed by atoms with van der Waals surface area (Å²) in [6.07, 6.45) is 6.63. The van der Waals surface area contributed by atoms with Crippen LogP contribution in [0.5, 0.6) is 0 Å². The molecule has 2 aromatic rings. The van der Waals surface area contributed by atoms with Crippen LogP contribution in [0.3, 0.4) is 0 Å². The van der Waals surface area contributed by atoms with Gasteiger partial charge < -0.3 is 15.0 Å². The maximum atomic E-state index is 13.2. The first kappa shape index (κ1) is 21.8. The third-order valence-corrected chi connectivity index (χ3v) is 7.31. The molecule has 1 saturated heterocycles. The Bertz CT molecular complexity index is 918. The number of amides is 2. The van der Waals surface area contributed by atoms with Crippen LogP contribution >= 0.6 is 11.8 Å². The van der Waals surface area contributed by atoms with E-state index in [1.807, 2.05) is 37.3 Å². The Morgan fingerprint density at radius 2 is 1.84 bits per heavy atom. The number of rotatable bonds is 5. The Morgan fingerprint density at radius 3 is 2.55 bits per heavy atom. The first-order valence-corrected chi connectivity index (χ1v) is 11.6. The molecule has 1 aromatic heterocycles. The van der Waals surface area contributed by atoms with E-state index in [0.717, 1.165) is 42.0 Å². The van der Waals surface area contributed by atoms with Crippen molar-refractivity contribution < 1.29 is 14.3 Å². The number of aromatic nitrogens is 2. The molecule has 8 heteroatoms. The highest BCUT2D eigenvalue weighted by atomic mass is 32.2. The molecule has 2 fully saturated rings. The third-order valence-electron chi connectivity index (χ3n) is 6.08. The topological polar surface area (TPSA) is 84.4 Å². The second-order valence-corrected chi connectivity index (χ2v) is 9.44. The number of nitrogens with one attached hydrogen (secondary N) is 1. The van der Waals surface area contributed by atoms with Crippen LogP contribution in [0.15, 0.2) is 47.9 Å². The Balaban J connectivity index is 1.38. The quantitative estimate of drug-likeness (QED) is 0.720. The standard InChI is InChI=1S/C23H28N4O3S/c1-15-6-3-4-7-18(15)20-21(30-14-19(28)27(20)2)22(29)26-16-8-10-17(11-9-16)31-23-24-12-5-13-25-23/h3-7,12-13,16-17,20-21H,8-11,14H2,1-2H3,(H,26,29)/t16?,17?,20-,21+/m1/s1. The van der Waals surface area contributed by atoms with Gasteiger partial charge in [0.2, 0.25) is 5.91 Å². The lowest BCUT2D eigenvalue weighted by molar-refractivity contribution is -0.162. The van der Waals surface area contributed by atoms with Crippen molar-refractivity contribution in [3.63, 3.8) is 0 Å². The number of thioether (sulfide) groups is 1. The number of carbonyl (C=O) groups excluding carboxylic acids is 2. The zero-order valence-corrected chi connectivity index (χ0v) is 18.7. The number of likely N-dealkylation sites (N-methyl/N-ethyl adjacent to an activating group) is 1. The smallest absolute Gasteiger partial charge is 0.251 e. The third kappa shape index (κ3) is 5.07. The molecule has 0 unspecified atom stereocenters. The van der Waals surface area contributed by atoms with Gasteiger partial charge in [-0.15, -0.1) is 0 Å². The summed E-state index contributed by atoms with van der Waals surface area (Å²) in [5.41, 5.74) is 1.98. The monoisotopic (exact) mass is 440 g/mol. The Labute approximate surface area is 187 Å². The number of benzene rings is 1. The van der Waals surface area contributed by atoms with Gasteiger partial charge >= 0.3 is 0 Å². The van der Waals surface area contributed by atoms with E-state index in [1.165, 1.54) is 0 Å². The van der Waals surface area contributed by atoms with Crippen LogP contribution in [0, 0.1) is 6.92 Å². The van der Waals surface area contributed by atoms with Gasteiger partial charge in [0.1, 0.15) is 6.61 Å². The molecule has 1 saturated carbocycles. The minimum atomic E-state index is -0.714. The van der Waals surface area contributed by atoms with Gasteiger partial charge in [0, 0.05) is 30.7 Å². The molecule has 1 N–H and O–H groups in total. The van der Waals surface area contributed by atoms with Gasteiger partial charge in [-0.3, -0.25) is 9.59 Å². The second-order valence-electron chi connectivity index (χ2n) is 8.17. The molecule has 7 nitrogen and oxygen atoms in total. The van der Waals surface area contributed by atoms with Crippen molar-refractivity contribution in [2.75, 3.05) is 13.7 Å². The summed E-state index contributed by atoms with van der Waals surface area (Å²) in [5, 5.41) is 4.45. The van der Waals surface area contributed by atoms with E-state index in [4.69, 9.17) is 4.74 Å². The van der Waals surface area contributed by atoms with E-state index in [9.17, 15) is 9.59 Å². The minimum Gasteiger partial charge on any atom is -0.356 e. The number of hydrogen-bond donors (Lipinski definition) is 1. The van der Waals surface area contributed by atoms with Crippen molar-refractivity contribution in [1.29, 1.82) is 0 Å². The molecule has 2 heterocycles. The first-order chi connectivity index (χ1) is 15.0. The lowest BCUT2D eigenvalue weighted by Gasteiger charge is -2.39. The van der Waals surface area contributed by atoms with Crippen LogP contribution in [0.2, 0.25) is 0 Å². The summed E-state index contributed by atoms with van der Waals surface area (Å²) in [4.78, 5) is 35.7. The highest BCUT2D eigenvalue weighted by molar-refractivity contribution is 7.99.